The van der Waals surface area contributed by atoms with E-state index in [9.17, 15) is 12.8 Å². The zero-order valence-corrected chi connectivity index (χ0v) is 10.4. The molecule has 96 valence electrons. The van der Waals surface area contributed by atoms with Gasteiger partial charge in [0.15, 0.2) is 0 Å². The van der Waals surface area contributed by atoms with Gasteiger partial charge in [-0.3, -0.25) is 4.98 Å². The van der Waals surface area contributed by atoms with E-state index in [0.29, 0.717) is 12.8 Å². The number of sulfonamides is 1. The van der Waals surface area contributed by atoms with Gasteiger partial charge >= 0.3 is 0 Å². The molecule has 0 atom stereocenters. The summed E-state index contributed by atoms with van der Waals surface area (Å²) in [6.07, 6.45) is 3.12. The zero-order chi connectivity index (χ0) is 13.2. The Kier molecular flexibility index (Phi) is 3.59. The Morgan fingerprint density at radius 1 is 1.39 bits per heavy atom. The molecule has 1 aliphatic rings. The molecule has 0 unspecified atom stereocenters. The lowest BCUT2D eigenvalue weighted by molar-refractivity contribution is 0.309. The van der Waals surface area contributed by atoms with Gasteiger partial charge in [-0.25, -0.2) is 12.8 Å². The van der Waals surface area contributed by atoms with Crippen LogP contribution < -0.4 is 0 Å². The van der Waals surface area contributed by atoms with Gasteiger partial charge in [0, 0.05) is 25.2 Å². The monoisotopic (exact) mass is 269 g/mol. The maximum absolute atomic E-state index is 13.0. The molecule has 0 radical (unpaired) electrons. The lowest BCUT2D eigenvalue weighted by Gasteiger charge is -2.28. The SMILES string of the molecule is N#CC1CCN(S(=O)(=O)c2cncc(F)c2)CC1. The lowest BCUT2D eigenvalue weighted by atomic mass is 10.0. The van der Waals surface area contributed by atoms with Gasteiger partial charge in [-0.05, 0) is 18.9 Å². The first kappa shape index (κ1) is 12.9. The molecular weight excluding hydrogens is 257 g/mol. The summed E-state index contributed by atoms with van der Waals surface area (Å²) in [5, 5.41) is 8.76. The number of nitrogens with zero attached hydrogens (tertiary/aromatic N) is 3. The van der Waals surface area contributed by atoms with Crippen molar-refractivity contribution in [3.63, 3.8) is 0 Å². The summed E-state index contributed by atoms with van der Waals surface area (Å²) in [5.41, 5.74) is 0. The maximum atomic E-state index is 13.0. The fourth-order valence-corrected chi connectivity index (χ4v) is 3.35. The highest BCUT2D eigenvalue weighted by Crippen LogP contribution is 2.23. The summed E-state index contributed by atoms with van der Waals surface area (Å²) < 4.78 is 38.6. The predicted molar refractivity (Wildman–Crippen MR) is 61.3 cm³/mol. The van der Waals surface area contributed by atoms with E-state index in [1.807, 2.05) is 0 Å². The number of hydrogen-bond acceptors (Lipinski definition) is 4. The largest absolute Gasteiger partial charge is 0.260 e. The van der Waals surface area contributed by atoms with Crippen molar-refractivity contribution in [2.24, 2.45) is 5.92 Å². The normalized spacial score (nSPS) is 18.4. The van der Waals surface area contributed by atoms with Gasteiger partial charge in [0.1, 0.15) is 10.7 Å². The van der Waals surface area contributed by atoms with Crippen molar-refractivity contribution >= 4 is 10.0 Å². The second kappa shape index (κ2) is 5.00. The van der Waals surface area contributed by atoms with Gasteiger partial charge in [-0.1, -0.05) is 0 Å². The third kappa shape index (κ3) is 2.49. The van der Waals surface area contributed by atoms with E-state index in [0.717, 1.165) is 18.5 Å². The van der Waals surface area contributed by atoms with E-state index in [1.54, 1.807) is 0 Å². The van der Waals surface area contributed by atoms with Gasteiger partial charge in [0.05, 0.1) is 12.3 Å². The summed E-state index contributed by atoms with van der Waals surface area (Å²) in [7, 11) is -3.69. The van der Waals surface area contributed by atoms with Gasteiger partial charge in [-0.15, -0.1) is 0 Å². The molecule has 2 heterocycles. The molecule has 1 saturated heterocycles. The molecular formula is C11H12FN3O2S. The number of rotatable bonds is 2. The molecule has 2 rings (SSSR count). The van der Waals surface area contributed by atoms with Crippen molar-refractivity contribution in [2.75, 3.05) is 13.1 Å². The first-order valence-corrected chi connectivity index (χ1v) is 6.98. The molecule has 1 fully saturated rings. The fraction of sp³-hybridized carbons (Fsp3) is 0.455. The second-order valence-electron chi connectivity index (χ2n) is 4.15. The Hall–Kier alpha value is -1.52. The van der Waals surface area contributed by atoms with Crippen molar-refractivity contribution in [1.82, 2.24) is 9.29 Å². The highest BCUT2D eigenvalue weighted by molar-refractivity contribution is 7.89. The number of nitriles is 1. The molecule has 0 aliphatic carbocycles. The summed E-state index contributed by atoms with van der Waals surface area (Å²) in [5.74, 6) is -0.773. The van der Waals surface area contributed by atoms with Crippen LogP contribution in [0.25, 0.3) is 0 Å². The minimum Gasteiger partial charge on any atom is -0.260 e. The van der Waals surface area contributed by atoms with Crippen molar-refractivity contribution < 1.29 is 12.8 Å². The molecule has 18 heavy (non-hydrogen) atoms. The molecule has 0 aromatic carbocycles. The molecule has 0 bridgehead atoms. The number of pyridine rings is 1. The van der Waals surface area contributed by atoms with Crippen LogP contribution >= 0.6 is 0 Å². The summed E-state index contributed by atoms with van der Waals surface area (Å²) in [6, 6.07) is 3.09. The zero-order valence-electron chi connectivity index (χ0n) is 9.58. The molecule has 1 aromatic rings. The van der Waals surface area contributed by atoms with Crippen molar-refractivity contribution in [1.29, 1.82) is 5.26 Å². The van der Waals surface area contributed by atoms with Crippen LogP contribution in [0.5, 0.6) is 0 Å². The summed E-state index contributed by atoms with van der Waals surface area (Å²) >= 11 is 0. The average Bonchev–Trinajstić information content (AvgIpc) is 2.39. The van der Waals surface area contributed by atoms with Crippen LogP contribution in [0.3, 0.4) is 0 Å². The van der Waals surface area contributed by atoms with Crippen molar-refractivity contribution in [3.05, 3.63) is 24.3 Å². The summed E-state index contributed by atoms with van der Waals surface area (Å²) in [4.78, 5) is 3.40. The predicted octanol–water partition coefficient (Wildman–Crippen LogP) is 1.14. The molecule has 0 spiro atoms. The van der Waals surface area contributed by atoms with Crippen LogP contribution in [0.1, 0.15) is 12.8 Å². The van der Waals surface area contributed by atoms with Crippen molar-refractivity contribution in [2.45, 2.75) is 17.7 Å². The van der Waals surface area contributed by atoms with E-state index in [2.05, 4.69) is 11.1 Å². The molecule has 1 aliphatic heterocycles. The molecule has 5 nitrogen and oxygen atoms in total. The quantitative estimate of drug-likeness (QED) is 0.807. The van der Waals surface area contributed by atoms with Crippen LogP contribution in [0.4, 0.5) is 4.39 Å². The van der Waals surface area contributed by atoms with Crippen LogP contribution in [-0.4, -0.2) is 30.8 Å². The molecule has 0 amide bonds. The number of halogens is 1. The molecule has 0 saturated carbocycles. The third-order valence-corrected chi connectivity index (χ3v) is 4.82. The Balaban J connectivity index is 2.20. The van der Waals surface area contributed by atoms with Crippen LogP contribution in [0.2, 0.25) is 0 Å². The Labute approximate surface area is 105 Å². The standard InChI is InChI=1S/C11H12FN3O2S/c12-10-5-11(8-14-7-10)18(16,17)15-3-1-9(6-13)2-4-15/h5,7-9H,1-4H2. The van der Waals surface area contributed by atoms with Gasteiger partial charge in [0.2, 0.25) is 10.0 Å². The summed E-state index contributed by atoms with van der Waals surface area (Å²) in [6.45, 7) is 0.578. The molecule has 0 N–H and O–H groups in total. The van der Waals surface area contributed by atoms with E-state index < -0.39 is 15.8 Å². The Morgan fingerprint density at radius 3 is 2.61 bits per heavy atom. The van der Waals surface area contributed by atoms with Crippen LogP contribution in [0.15, 0.2) is 23.4 Å². The van der Waals surface area contributed by atoms with E-state index in [-0.39, 0.29) is 23.9 Å². The molecule has 7 heteroatoms. The van der Waals surface area contributed by atoms with Crippen molar-refractivity contribution in [3.8, 4) is 6.07 Å². The highest BCUT2D eigenvalue weighted by atomic mass is 32.2. The fourth-order valence-electron chi connectivity index (χ4n) is 1.91. The minimum atomic E-state index is -3.69. The van der Waals surface area contributed by atoms with Crippen LogP contribution in [-0.2, 0) is 10.0 Å². The van der Waals surface area contributed by atoms with Gasteiger partial charge in [-0.2, -0.15) is 9.57 Å². The number of aromatic nitrogens is 1. The average molecular weight is 269 g/mol. The van der Waals surface area contributed by atoms with E-state index >= 15 is 0 Å². The van der Waals surface area contributed by atoms with E-state index in [4.69, 9.17) is 5.26 Å². The van der Waals surface area contributed by atoms with E-state index in [1.165, 1.54) is 4.31 Å². The Morgan fingerprint density at radius 2 is 2.06 bits per heavy atom. The number of hydrogen-bond donors (Lipinski definition) is 0. The first-order valence-electron chi connectivity index (χ1n) is 5.54. The third-order valence-electron chi connectivity index (χ3n) is 2.95. The maximum Gasteiger partial charge on any atom is 0.244 e. The van der Waals surface area contributed by atoms with Gasteiger partial charge < -0.3 is 0 Å². The molecule has 1 aromatic heterocycles. The minimum absolute atomic E-state index is 0.0953. The van der Waals surface area contributed by atoms with Crippen LogP contribution in [0, 0.1) is 23.1 Å². The lowest BCUT2D eigenvalue weighted by Crippen LogP contribution is -2.38. The number of piperidine rings is 1. The Bertz CT molecular complexity index is 574. The van der Waals surface area contributed by atoms with Gasteiger partial charge in [0.25, 0.3) is 0 Å². The first-order chi connectivity index (χ1) is 8.54. The highest BCUT2D eigenvalue weighted by Gasteiger charge is 2.29. The smallest absolute Gasteiger partial charge is 0.244 e. The topological polar surface area (TPSA) is 74.1 Å². The second-order valence-corrected chi connectivity index (χ2v) is 6.08.